The Kier molecular flexibility index (Phi) is 6.84. The van der Waals surface area contributed by atoms with E-state index in [0.29, 0.717) is 6.04 Å². The molecular formula is C10H20N2. The molecule has 0 saturated heterocycles. The second kappa shape index (κ2) is 7.15. The van der Waals surface area contributed by atoms with Gasteiger partial charge in [0.25, 0.3) is 0 Å². The Morgan fingerprint density at radius 2 is 2.25 bits per heavy atom. The van der Waals surface area contributed by atoms with E-state index in [1.807, 2.05) is 7.05 Å². The fourth-order valence-corrected chi connectivity index (χ4v) is 1.16. The maximum absolute atomic E-state index is 5.26. The van der Waals surface area contributed by atoms with Crippen LogP contribution >= 0.6 is 0 Å². The highest BCUT2D eigenvalue weighted by Gasteiger charge is 2.05. The van der Waals surface area contributed by atoms with E-state index in [0.717, 1.165) is 26.1 Å². The van der Waals surface area contributed by atoms with Crippen LogP contribution in [0.5, 0.6) is 0 Å². The second-order valence-electron chi connectivity index (χ2n) is 3.13. The summed E-state index contributed by atoms with van der Waals surface area (Å²) in [4.78, 5) is 2.29. The van der Waals surface area contributed by atoms with Gasteiger partial charge in [0.05, 0.1) is 6.54 Å². The quantitative estimate of drug-likeness (QED) is 0.594. The molecule has 0 amide bonds. The molecule has 1 atom stereocenters. The third-order valence-corrected chi connectivity index (χ3v) is 1.88. The average Bonchev–Trinajstić information content (AvgIpc) is 2.05. The van der Waals surface area contributed by atoms with Gasteiger partial charge >= 0.3 is 0 Å². The highest BCUT2D eigenvalue weighted by atomic mass is 15.1. The molecule has 0 aliphatic rings. The predicted molar refractivity (Wildman–Crippen MR) is 54.1 cm³/mol. The lowest BCUT2D eigenvalue weighted by atomic mass is 10.3. The lowest BCUT2D eigenvalue weighted by Crippen LogP contribution is -2.38. The van der Waals surface area contributed by atoms with Gasteiger partial charge in [0.1, 0.15) is 0 Å². The lowest BCUT2D eigenvalue weighted by Gasteiger charge is -2.22. The van der Waals surface area contributed by atoms with Crippen LogP contribution in [-0.4, -0.2) is 37.6 Å². The van der Waals surface area contributed by atoms with Crippen LogP contribution in [0.15, 0.2) is 0 Å². The van der Waals surface area contributed by atoms with Crippen molar-refractivity contribution in [1.82, 2.24) is 10.2 Å². The van der Waals surface area contributed by atoms with E-state index in [9.17, 15) is 0 Å². The van der Waals surface area contributed by atoms with Crippen LogP contribution in [0.4, 0.5) is 0 Å². The molecule has 0 aromatic heterocycles. The van der Waals surface area contributed by atoms with Gasteiger partial charge in [0.2, 0.25) is 0 Å². The zero-order valence-electron chi connectivity index (χ0n) is 8.43. The first-order valence-corrected chi connectivity index (χ1v) is 4.57. The van der Waals surface area contributed by atoms with Crippen molar-refractivity contribution in [1.29, 1.82) is 0 Å². The molecule has 0 bridgehead atoms. The summed E-state index contributed by atoms with van der Waals surface area (Å²) in [6.07, 6.45) is 6.43. The molecule has 12 heavy (non-hydrogen) atoms. The summed E-state index contributed by atoms with van der Waals surface area (Å²) in [6, 6.07) is 0.518. The fourth-order valence-electron chi connectivity index (χ4n) is 1.16. The third kappa shape index (κ3) is 5.17. The van der Waals surface area contributed by atoms with Gasteiger partial charge in [0, 0.05) is 12.6 Å². The van der Waals surface area contributed by atoms with Crippen molar-refractivity contribution in [3.05, 3.63) is 0 Å². The Morgan fingerprint density at radius 1 is 1.58 bits per heavy atom. The first-order chi connectivity index (χ1) is 5.74. The average molecular weight is 168 g/mol. The van der Waals surface area contributed by atoms with E-state index in [1.54, 1.807) is 0 Å². The van der Waals surface area contributed by atoms with Crippen LogP contribution in [-0.2, 0) is 0 Å². The smallest absolute Gasteiger partial charge is 0.0599 e. The minimum atomic E-state index is 0.518. The Bertz CT molecular complexity index is 137. The highest BCUT2D eigenvalue weighted by molar-refractivity contribution is 4.88. The van der Waals surface area contributed by atoms with Gasteiger partial charge in [-0.1, -0.05) is 12.8 Å². The summed E-state index contributed by atoms with van der Waals surface area (Å²) < 4.78 is 0. The van der Waals surface area contributed by atoms with E-state index in [4.69, 9.17) is 6.42 Å². The minimum Gasteiger partial charge on any atom is -0.316 e. The molecule has 0 aliphatic carbocycles. The molecule has 70 valence electrons. The van der Waals surface area contributed by atoms with Gasteiger partial charge in [0.15, 0.2) is 0 Å². The minimum absolute atomic E-state index is 0.518. The zero-order valence-corrected chi connectivity index (χ0v) is 8.43. The molecule has 0 radical (unpaired) electrons. The second-order valence-corrected chi connectivity index (χ2v) is 3.13. The van der Waals surface area contributed by atoms with Crippen molar-refractivity contribution >= 4 is 0 Å². The van der Waals surface area contributed by atoms with Crippen molar-refractivity contribution in [2.75, 3.05) is 26.7 Å². The number of nitrogens with zero attached hydrogens (tertiary/aromatic N) is 1. The highest BCUT2D eigenvalue weighted by Crippen LogP contribution is 1.93. The van der Waals surface area contributed by atoms with Gasteiger partial charge < -0.3 is 5.32 Å². The summed E-state index contributed by atoms with van der Waals surface area (Å²) in [5.74, 6) is 2.68. The Morgan fingerprint density at radius 3 is 2.67 bits per heavy atom. The Labute approximate surface area is 76.3 Å². The monoisotopic (exact) mass is 168 g/mol. The topological polar surface area (TPSA) is 15.3 Å². The largest absolute Gasteiger partial charge is 0.316 e. The first kappa shape index (κ1) is 11.5. The number of hydrogen-bond acceptors (Lipinski definition) is 2. The van der Waals surface area contributed by atoms with Gasteiger partial charge in [-0.2, -0.15) is 0 Å². The standard InChI is InChI=1S/C10H20N2/c1-5-7-12(8-6-2)9-10(3)11-4/h1,10-11H,6-9H2,2-4H3. The van der Waals surface area contributed by atoms with Crippen LogP contribution < -0.4 is 5.32 Å². The number of nitrogens with one attached hydrogen (secondary N) is 1. The zero-order chi connectivity index (χ0) is 9.40. The van der Waals surface area contributed by atoms with E-state index in [2.05, 4.69) is 30.0 Å². The first-order valence-electron chi connectivity index (χ1n) is 4.57. The molecule has 0 rings (SSSR count). The van der Waals surface area contributed by atoms with Crippen LogP contribution in [0.3, 0.4) is 0 Å². The van der Waals surface area contributed by atoms with Gasteiger partial charge in [-0.15, -0.1) is 6.42 Å². The number of terminal acetylenes is 1. The molecule has 1 N–H and O–H groups in total. The molecule has 2 heteroatoms. The fraction of sp³-hybridized carbons (Fsp3) is 0.800. The molecule has 0 heterocycles. The number of likely N-dealkylation sites (N-methyl/N-ethyl adjacent to an activating group) is 1. The van der Waals surface area contributed by atoms with E-state index >= 15 is 0 Å². The van der Waals surface area contributed by atoms with E-state index in [1.165, 1.54) is 0 Å². The molecular weight excluding hydrogens is 148 g/mol. The van der Waals surface area contributed by atoms with Crippen molar-refractivity contribution in [3.8, 4) is 12.3 Å². The van der Waals surface area contributed by atoms with E-state index in [-0.39, 0.29) is 0 Å². The summed E-state index contributed by atoms with van der Waals surface area (Å²) >= 11 is 0. The summed E-state index contributed by atoms with van der Waals surface area (Å²) in [5, 5.41) is 3.20. The normalized spacial score (nSPS) is 12.9. The maximum atomic E-state index is 5.26. The van der Waals surface area contributed by atoms with Crippen LogP contribution in [0, 0.1) is 12.3 Å². The molecule has 0 aromatic carbocycles. The molecule has 0 aliphatic heterocycles. The SMILES string of the molecule is C#CCN(CCC)CC(C)NC. The molecule has 0 fully saturated rings. The third-order valence-electron chi connectivity index (χ3n) is 1.88. The molecule has 0 aromatic rings. The van der Waals surface area contributed by atoms with Crippen molar-refractivity contribution < 1.29 is 0 Å². The van der Waals surface area contributed by atoms with Gasteiger partial charge in [-0.25, -0.2) is 0 Å². The van der Waals surface area contributed by atoms with Crippen LogP contribution in [0.1, 0.15) is 20.3 Å². The van der Waals surface area contributed by atoms with Crippen molar-refractivity contribution in [3.63, 3.8) is 0 Å². The Balaban J connectivity index is 3.70. The van der Waals surface area contributed by atoms with Crippen molar-refractivity contribution in [2.45, 2.75) is 26.3 Å². The maximum Gasteiger partial charge on any atom is 0.0599 e. The summed E-state index contributed by atoms with van der Waals surface area (Å²) in [6.45, 7) is 7.23. The molecule has 2 nitrogen and oxygen atoms in total. The van der Waals surface area contributed by atoms with Gasteiger partial charge in [-0.05, 0) is 26.9 Å². The predicted octanol–water partition coefficient (Wildman–Crippen LogP) is 0.940. The number of hydrogen-bond donors (Lipinski definition) is 1. The molecule has 0 spiro atoms. The van der Waals surface area contributed by atoms with Crippen LogP contribution in [0.2, 0.25) is 0 Å². The summed E-state index contributed by atoms with van der Waals surface area (Å²) in [5.41, 5.74) is 0. The molecule has 1 unspecified atom stereocenters. The lowest BCUT2D eigenvalue weighted by molar-refractivity contribution is 0.280. The van der Waals surface area contributed by atoms with E-state index < -0.39 is 0 Å². The Hall–Kier alpha value is -0.520. The van der Waals surface area contributed by atoms with Crippen molar-refractivity contribution in [2.24, 2.45) is 0 Å². The number of rotatable bonds is 6. The van der Waals surface area contributed by atoms with Crippen LogP contribution in [0.25, 0.3) is 0 Å². The summed E-state index contributed by atoms with van der Waals surface area (Å²) in [7, 11) is 1.98. The molecule has 0 saturated carbocycles. The van der Waals surface area contributed by atoms with Gasteiger partial charge in [-0.3, -0.25) is 4.90 Å².